The van der Waals surface area contributed by atoms with Crippen molar-refractivity contribution in [1.29, 1.82) is 0 Å². The highest BCUT2D eigenvalue weighted by atomic mass is 19.2. The molecule has 9 heteroatoms. The molecule has 2 N–H and O–H groups in total. The summed E-state index contributed by atoms with van der Waals surface area (Å²) in [6.45, 7) is 8.89. The van der Waals surface area contributed by atoms with Gasteiger partial charge in [0.15, 0.2) is 11.6 Å². The predicted molar refractivity (Wildman–Crippen MR) is 137 cm³/mol. The molecule has 2 aliphatic heterocycles. The Kier molecular flexibility index (Phi) is 7.80. The highest BCUT2D eigenvalue weighted by Crippen LogP contribution is 2.43. The van der Waals surface area contributed by atoms with Crippen molar-refractivity contribution in [3.8, 4) is 0 Å². The lowest BCUT2D eigenvalue weighted by Crippen LogP contribution is -2.41. The van der Waals surface area contributed by atoms with Gasteiger partial charge in [0, 0.05) is 25.7 Å². The molecule has 1 aromatic carbocycles. The molecule has 1 aromatic rings. The molecule has 4 rings (SSSR count). The summed E-state index contributed by atoms with van der Waals surface area (Å²) in [5.41, 5.74) is 1.37. The van der Waals surface area contributed by atoms with Crippen molar-refractivity contribution >= 4 is 19.2 Å². The van der Waals surface area contributed by atoms with E-state index < -0.39 is 11.6 Å². The Hall–Kier alpha value is -2.78. The highest BCUT2D eigenvalue weighted by molar-refractivity contribution is 6.47. The first kappa shape index (κ1) is 26.3. The van der Waals surface area contributed by atoms with E-state index in [9.17, 15) is 13.6 Å². The molecule has 1 unspecified atom stereocenters. The second-order valence-corrected chi connectivity index (χ2v) is 10.5. The number of aliphatic imine (C=N–C) groups is 1. The smallest absolute Gasteiger partial charge is 0.403 e. The van der Waals surface area contributed by atoms with Gasteiger partial charge in [-0.3, -0.25) is 4.79 Å². The minimum atomic E-state index is -0.943. The van der Waals surface area contributed by atoms with Gasteiger partial charge in [-0.2, -0.15) is 0 Å². The van der Waals surface area contributed by atoms with Crippen molar-refractivity contribution in [3.05, 3.63) is 70.6 Å². The van der Waals surface area contributed by atoms with Crippen LogP contribution in [-0.2, 0) is 20.6 Å². The Morgan fingerprint density at radius 3 is 2.61 bits per heavy atom. The van der Waals surface area contributed by atoms with Crippen LogP contribution >= 0.6 is 0 Å². The van der Waals surface area contributed by atoms with Crippen molar-refractivity contribution in [2.75, 3.05) is 6.54 Å². The van der Waals surface area contributed by atoms with Crippen LogP contribution in [0.3, 0.4) is 0 Å². The van der Waals surface area contributed by atoms with Crippen LogP contribution in [0.15, 0.2) is 58.4 Å². The average molecular weight is 497 g/mol. The number of benzene rings is 1. The van der Waals surface area contributed by atoms with Crippen molar-refractivity contribution < 1.29 is 22.9 Å². The molecular formula is C27H34BF2N3O3. The third-order valence-corrected chi connectivity index (χ3v) is 7.32. The third-order valence-electron chi connectivity index (χ3n) is 7.32. The average Bonchev–Trinajstić information content (AvgIpc) is 2.98. The lowest BCUT2D eigenvalue weighted by Gasteiger charge is -2.32. The summed E-state index contributed by atoms with van der Waals surface area (Å²) >= 11 is 0. The number of hydrogen-bond donors (Lipinski definition) is 2. The summed E-state index contributed by atoms with van der Waals surface area (Å²) in [6, 6.07) is 3.57. The number of amides is 1. The molecule has 3 aliphatic rings. The standard InChI is InChI=1S/C27H34BF2N3O3/c1-26(2)27(3,4)36-28(35-26)20-9-7-8-18(14-20)16-32-24-21(10-5-6-13-31-24)25(34)33-17-19-11-12-22(29)23(30)15-19/h5,8,10-13,15,20,32H,6-7,9,14,16-17H2,1-4H3,(H,33,34). The summed E-state index contributed by atoms with van der Waals surface area (Å²) in [4.78, 5) is 17.4. The molecule has 1 saturated heterocycles. The van der Waals surface area contributed by atoms with Gasteiger partial charge in [0.05, 0.1) is 16.8 Å². The number of hydrogen-bond acceptors (Lipinski definition) is 5. The number of nitrogens with one attached hydrogen (secondary N) is 2. The van der Waals surface area contributed by atoms with Gasteiger partial charge in [0.25, 0.3) is 5.91 Å². The van der Waals surface area contributed by atoms with Gasteiger partial charge in [-0.15, -0.1) is 0 Å². The van der Waals surface area contributed by atoms with Crippen LogP contribution < -0.4 is 10.6 Å². The van der Waals surface area contributed by atoms with Crippen LogP contribution in [0.25, 0.3) is 0 Å². The minimum Gasteiger partial charge on any atom is -0.403 e. The van der Waals surface area contributed by atoms with Crippen molar-refractivity contribution in [1.82, 2.24) is 10.6 Å². The van der Waals surface area contributed by atoms with Gasteiger partial charge in [-0.25, -0.2) is 13.8 Å². The number of carbonyl (C=O) groups excluding carboxylic acids is 1. The van der Waals surface area contributed by atoms with E-state index in [0.29, 0.717) is 29.9 Å². The van der Waals surface area contributed by atoms with E-state index in [1.807, 2.05) is 6.08 Å². The Balaban J connectivity index is 1.39. The molecule has 0 saturated carbocycles. The minimum absolute atomic E-state index is 0.0747. The van der Waals surface area contributed by atoms with Crippen molar-refractivity contribution in [2.24, 2.45) is 4.99 Å². The zero-order chi connectivity index (χ0) is 25.9. The van der Waals surface area contributed by atoms with Crippen LogP contribution in [0.5, 0.6) is 0 Å². The Morgan fingerprint density at radius 1 is 1.14 bits per heavy atom. The second-order valence-electron chi connectivity index (χ2n) is 10.5. The van der Waals surface area contributed by atoms with Crippen LogP contribution in [0, 0.1) is 11.6 Å². The van der Waals surface area contributed by atoms with E-state index in [-0.39, 0.29) is 36.6 Å². The van der Waals surface area contributed by atoms with E-state index in [1.54, 1.807) is 12.3 Å². The van der Waals surface area contributed by atoms with E-state index in [4.69, 9.17) is 9.31 Å². The molecule has 0 aromatic heterocycles. The molecule has 0 spiro atoms. The van der Waals surface area contributed by atoms with Crippen molar-refractivity contribution in [2.45, 2.75) is 76.9 Å². The van der Waals surface area contributed by atoms with Gasteiger partial charge >= 0.3 is 7.12 Å². The molecule has 0 radical (unpaired) electrons. The highest BCUT2D eigenvalue weighted by Gasteiger charge is 2.53. The lowest BCUT2D eigenvalue weighted by atomic mass is 9.64. The van der Waals surface area contributed by atoms with Gasteiger partial charge in [0.1, 0.15) is 5.82 Å². The predicted octanol–water partition coefficient (Wildman–Crippen LogP) is 4.99. The van der Waals surface area contributed by atoms with Gasteiger partial charge in [0.2, 0.25) is 0 Å². The number of rotatable bonds is 7. The van der Waals surface area contributed by atoms with Crippen molar-refractivity contribution in [3.63, 3.8) is 0 Å². The maximum Gasteiger partial charge on any atom is 0.461 e. The quantitative estimate of drug-likeness (QED) is 0.412. The molecule has 1 fully saturated rings. The van der Waals surface area contributed by atoms with E-state index in [0.717, 1.165) is 31.4 Å². The summed E-state index contributed by atoms with van der Waals surface area (Å²) in [6.07, 6.45) is 11.0. The second kappa shape index (κ2) is 10.7. The first-order valence-corrected chi connectivity index (χ1v) is 12.5. The topological polar surface area (TPSA) is 72.0 Å². The molecule has 36 heavy (non-hydrogen) atoms. The maximum atomic E-state index is 13.5. The number of carbonyl (C=O) groups is 1. The zero-order valence-corrected chi connectivity index (χ0v) is 21.4. The number of allylic oxidation sites excluding steroid dienone is 2. The Morgan fingerprint density at radius 2 is 1.89 bits per heavy atom. The first-order chi connectivity index (χ1) is 17.1. The first-order valence-electron chi connectivity index (χ1n) is 12.5. The largest absolute Gasteiger partial charge is 0.461 e. The summed E-state index contributed by atoms with van der Waals surface area (Å²) in [7, 11) is -0.241. The third kappa shape index (κ3) is 5.95. The van der Waals surface area contributed by atoms with Crippen LogP contribution in [0.4, 0.5) is 8.78 Å². The molecule has 1 aliphatic carbocycles. The van der Waals surface area contributed by atoms with E-state index >= 15 is 0 Å². The van der Waals surface area contributed by atoms with Crippen LogP contribution in [0.1, 0.15) is 58.9 Å². The maximum absolute atomic E-state index is 13.5. The summed E-state index contributed by atoms with van der Waals surface area (Å²) in [5, 5.41) is 6.10. The normalized spacial score (nSPS) is 22.9. The molecule has 1 amide bonds. The number of nitrogens with zero attached hydrogens (tertiary/aromatic N) is 1. The van der Waals surface area contributed by atoms with Crippen LogP contribution in [0.2, 0.25) is 5.82 Å². The summed E-state index contributed by atoms with van der Waals surface area (Å²) in [5.74, 6) is -1.46. The SMILES string of the molecule is CC1(C)OB(C2CCC=C(CNC3=C(C(=O)NCc4ccc(F)c(F)c4)C=CCC=N3)C2)OC1(C)C. The fourth-order valence-corrected chi connectivity index (χ4v) is 4.47. The number of halogens is 2. The van der Waals surface area contributed by atoms with Gasteiger partial charge in [-0.05, 0) is 76.5 Å². The van der Waals surface area contributed by atoms with E-state index in [1.165, 1.54) is 11.6 Å². The zero-order valence-electron chi connectivity index (χ0n) is 21.4. The molecule has 192 valence electrons. The van der Waals surface area contributed by atoms with E-state index in [2.05, 4.69) is 49.4 Å². The van der Waals surface area contributed by atoms with Gasteiger partial charge in [-0.1, -0.05) is 23.8 Å². The molecule has 0 bridgehead atoms. The van der Waals surface area contributed by atoms with Crippen LogP contribution in [-0.4, -0.2) is 37.0 Å². The van der Waals surface area contributed by atoms with Gasteiger partial charge < -0.3 is 19.9 Å². The molecular weight excluding hydrogens is 463 g/mol. The summed E-state index contributed by atoms with van der Waals surface area (Å²) < 4.78 is 39.2. The monoisotopic (exact) mass is 497 g/mol. The lowest BCUT2D eigenvalue weighted by molar-refractivity contribution is -0.117. The molecule has 2 heterocycles. The molecule has 1 atom stereocenters. The fraction of sp³-hybridized carbons (Fsp3) is 0.481. The molecule has 6 nitrogen and oxygen atoms in total. The Bertz CT molecular complexity index is 1110. The fourth-order valence-electron chi connectivity index (χ4n) is 4.47. The Labute approximate surface area is 212 Å².